The number of halogens is 2. The minimum absolute atomic E-state index is 0. The van der Waals surface area contributed by atoms with E-state index in [9.17, 15) is 14.0 Å². The molecule has 2 N–H and O–H groups in total. The highest BCUT2D eigenvalue weighted by molar-refractivity contribution is 5.85. The number of hydrogen-bond acceptors (Lipinski definition) is 4. The van der Waals surface area contributed by atoms with Crippen LogP contribution in [0.5, 0.6) is 0 Å². The van der Waals surface area contributed by atoms with E-state index in [-0.39, 0.29) is 42.2 Å². The number of carbonyl (C=O) groups is 2. The van der Waals surface area contributed by atoms with Crippen LogP contribution in [0.4, 0.5) is 9.18 Å². The molecule has 2 aromatic carbocycles. The molecular formula is C26H35ClFN3O3. The summed E-state index contributed by atoms with van der Waals surface area (Å²) in [5.41, 5.74) is 7.58. The van der Waals surface area contributed by atoms with E-state index in [1.807, 2.05) is 51.1 Å². The number of ether oxygens (including phenoxy) is 1. The summed E-state index contributed by atoms with van der Waals surface area (Å²) in [7, 11) is 0. The second-order valence-electron chi connectivity index (χ2n) is 9.69. The standard InChI is InChI=1S/C26H34FN3O3.ClH/c1-26(2,3)23(28)24(31)29-15-13-22(14-16-29)30(17-19-9-11-21(27)12-10-19)25(32)33-18-20-7-5-4-6-8-20;/h4-12,22-23H,13-18,28H2,1-3H3;1H/t23-;/m1./s1. The topological polar surface area (TPSA) is 75.9 Å². The van der Waals surface area contributed by atoms with Gasteiger partial charge in [-0.15, -0.1) is 12.4 Å². The molecule has 0 spiro atoms. The molecule has 0 aromatic heterocycles. The molecule has 0 saturated carbocycles. The van der Waals surface area contributed by atoms with Gasteiger partial charge in [-0.3, -0.25) is 4.79 Å². The number of nitrogens with two attached hydrogens (primary N) is 1. The number of rotatable bonds is 6. The van der Waals surface area contributed by atoms with Crippen LogP contribution >= 0.6 is 12.4 Å². The zero-order valence-electron chi connectivity index (χ0n) is 20.1. The maximum Gasteiger partial charge on any atom is 0.410 e. The Labute approximate surface area is 207 Å². The molecule has 6 nitrogen and oxygen atoms in total. The van der Waals surface area contributed by atoms with Gasteiger partial charge < -0.3 is 20.3 Å². The highest BCUT2D eigenvalue weighted by atomic mass is 35.5. The van der Waals surface area contributed by atoms with Crippen molar-refractivity contribution in [3.63, 3.8) is 0 Å². The van der Waals surface area contributed by atoms with Gasteiger partial charge in [0, 0.05) is 25.7 Å². The Kier molecular flexibility index (Phi) is 9.89. The van der Waals surface area contributed by atoms with Crippen molar-refractivity contribution >= 4 is 24.4 Å². The van der Waals surface area contributed by atoms with Gasteiger partial charge in [-0.2, -0.15) is 0 Å². The van der Waals surface area contributed by atoms with Gasteiger partial charge in [0.1, 0.15) is 12.4 Å². The molecule has 0 bridgehead atoms. The third kappa shape index (κ3) is 7.43. The molecule has 1 aliphatic rings. The van der Waals surface area contributed by atoms with E-state index in [0.717, 1.165) is 11.1 Å². The minimum atomic E-state index is -0.569. The molecule has 1 atom stereocenters. The molecule has 1 saturated heterocycles. The van der Waals surface area contributed by atoms with Gasteiger partial charge in [0.15, 0.2) is 0 Å². The van der Waals surface area contributed by atoms with E-state index in [1.54, 1.807) is 21.9 Å². The van der Waals surface area contributed by atoms with Crippen LogP contribution in [0.1, 0.15) is 44.7 Å². The van der Waals surface area contributed by atoms with E-state index in [0.29, 0.717) is 32.5 Å². The summed E-state index contributed by atoms with van der Waals surface area (Å²) in [6.07, 6.45) is 0.841. The van der Waals surface area contributed by atoms with Gasteiger partial charge in [-0.05, 0) is 41.5 Å². The third-order valence-electron chi connectivity index (χ3n) is 6.12. The molecule has 0 radical (unpaired) electrons. The lowest BCUT2D eigenvalue weighted by Crippen LogP contribution is -2.54. The van der Waals surface area contributed by atoms with Crippen molar-refractivity contribution in [3.8, 4) is 0 Å². The Morgan fingerprint density at radius 2 is 1.65 bits per heavy atom. The fraction of sp³-hybridized carbons (Fsp3) is 0.462. The molecule has 2 aromatic rings. The number of likely N-dealkylation sites (tertiary alicyclic amines) is 1. The average Bonchev–Trinajstić information content (AvgIpc) is 2.81. The lowest BCUT2D eigenvalue weighted by molar-refractivity contribution is -0.136. The predicted octanol–water partition coefficient (Wildman–Crippen LogP) is 4.75. The molecule has 0 unspecified atom stereocenters. The molecule has 1 fully saturated rings. The zero-order valence-corrected chi connectivity index (χ0v) is 20.9. The molecule has 34 heavy (non-hydrogen) atoms. The zero-order chi connectivity index (χ0) is 24.0. The highest BCUT2D eigenvalue weighted by Gasteiger charge is 2.35. The fourth-order valence-corrected chi connectivity index (χ4v) is 3.90. The SMILES string of the molecule is CC(C)(C)[C@H](N)C(=O)N1CCC(N(Cc2ccc(F)cc2)C(=O)OCc2ccccc2)CC1.Cl. The van der Waals surface area contributed by atoms with Gasteiger partial charge in [0.2, 0.25) is 5.91 Å². The number of nitrogens with zero attached hydrogens (tertiary/aromatic N) is 2. The summed E-state index contributed by atoms with van der Waals surface area (Å²) >= 11 is 0. The number of amides is 2. The van der Waals surface area contributed by atoms with E-state index >= 15 is 0 Å². The predicted molar refractivity (Wildman–Crippen MR) is 133 cm³/mol. The molecular weight excluding hydrogens is 457 g/mol. The second-order valence-corrected chi connectivity index (χ2v) is 9.69. The Morgan fingerprint density at radius 3 is 2.21 bits per heavy atom. The minimum Gasteiger partial charge on any atom is -0.445 e. The average molecular weight is 492 g/mol. The van der Waals surface area contributed by atoms with Crippen LogP contribution < -0.4 is 5.73 Å². The molecule has 0 aliphatic carbocycles. The normalized spacial score (nSPS) is 15.3. The quantitative estimate of drug-likeness (QED) is 0.632. The van der Waals surface area contributed by atoms with E-state index in [1.165, 1.54) is 12.1 Å². The largest absolute Gasteiger partial charge is 0.445 e. The first-order valence-electron chi connectivity index (χ1n) is 11.4. The monoisotopic (exact) mass is 491 g/mol. The lowest BCUT2D eigenvalue weighted by atomic mass is 9.86. The Balaban J connectivity index is 0.00000408. The van der Waals surface area contributed by atoms with Crippen molar-refractivity contribution in [2.75, 3.05) is 13.1 Å². The van der Waals surface area contributed by atoms with Crippen LogP contribution in [0.25, 0.3) is 0 Å². The fourth-order valence-electron chi connectivity index (χ4n) is 3.90. The van der Waals surface area contributed by atoms with Crippen molar-refractivity contribution in [1.29, 1.82) is 0 Å². The molecule has 3 rings (SSSR count). The highest BCUT2D eigenvalue weighted by Crippen LogP contribution is 2.24. The summed E-state index contributed by atoms with van der Waals surface area (Å²) in [5, 5.41) is 0. The smallest absolute Gasteiger partial charge is 0.410 e. The Bertz CT molecular complexity index is 927. The lowest BCUT2D eigenvalue weighted by Gasteiger charge is -2.40. The van der Waals surface area contributed by atoms with E-state index in [4.69, 9.17) is 10.5 Å². The van der Waals surface area contributed by atoms with Crippen molar-refractivity contribution in [3.05, 3.63) is 71.5 Å². The van der Waals surface area contributed by atoms with Crippen LogP contribution in [0.2, 0.25) is 0 Å². The molecule has 1 aliphatic heterocycles. The number of benzene rings is 2. The maximum atomic E-state index is 13.4. The molecule has 2 amide bonds. The summed E-state index contributed by atoms with van der Waals surface area (Å²) < 4.78 is 19.0. The van der Waals surface area contributed by atoms with Crippen molar-refractivity contribution < 1.29 is 18.7 Å². The van der Waals surface area contributed by atoms with Crippen LogP contribution in [-0.4, -0.2) is 47.0 Å². The van der Waals surface area contributed by atoms with Crippen LogP contribution in [0.15, 0.2) is 54.6 Å². The summed E-state index contributed by atoms with van der Waals surface area (Å²) in [6.45, 7) is 7.41. The Hall–Kier alpha value is -2.64. The van der Waals surface area contributed by atoms with Gasteiger partial charge >= 0.3 is 6.09 Å². The van der Waals surface area contributed by atoms with Gasteiger partial charge in [0.25, 0.3) is 0 Å². The first-order chi connectivity index (χ1) is 15.6. The maximum absolute atomic E-state index is 13.4. The van der Waals surface area contributed by atoms with E-state index in [2.05, 4.69) is 0 Å². The first kappa shape index (κ1) is 27.6. The van der Waals surface area contributed by atoms with Crippen LogP contribution in [0, 0.1) is 11.2 Å². The number of hydrogen-bond donors (Lipinski definition) is 1. The summed E-state index contributed by atoms with van der Waals surface area (Å²) in [6, 6.07) is 15.0. The molecule has 8 heteroatoms. The van der Waals surface area contributed by atoms with Crippen LogP contribution in [0.3, 0.4) is 0 Å². The van der Waals surface area contributed by atoms with Crippen LogP contribution in [-0.2, 0) is 22.7 Å². The van der Waals surface area contributed by atoms with Gasteiger partial charge in [-0.25, -0.2) is 9.18 Å². The van der Waals surface area contributed by atoms with Gasteiger partial charge in [-0.1, -0.05) is 63.2 Å². The van der Waals surface area contributed by atoms with Crippen molar-refractivity contribution in [2.24, 2.45) is 11.1 Å². The second kappa shape index (κ2) is 12.2. The number of carbonyl (C=O) groups excluding carboxylic acids is 2. The molecule has 186 valence electrons. The van der Waals surface area contributed by atoms with Crippen molar-refractivity contribution in [2.45, 2.75) is 58.8 Å². The first-order valence-corrected chi connectivity index (χ1v) is 11.4. The van der Waals surface area contributed by atoms with Gasteiger partial charge in [0.05, 0.1) is 6.04 Å². The summed E-state index contributed by atoms with van der Waals surface area (Å²) in [5.74, 6) is -0.378. The summed E-state index contributed by atoms with van der Waals surface area (Å²) in [4.78, 5) is 29.4. The van der Waals surface area contributed by atoms with Crippen molar-refractivity contribution in [1.82, 2.24) is 9.80 Å². The Morgan fingerprint density at radius 1 is 1.06 bits per heavy atom. The third-order valence-corrected chi connectivity index (χ3v) is 6.12. The van der Waals surface area contributed by atoms with E-state index < -0.39 is 12.1 Å². The number of piperidine rings is 1. The molecule has 1 heterocycles.